The zero-order valence-corrected chi connectivity index (χ0v) is 34.4. The van der Waals surface area contributed by atoms with Crippen LogP contribution in [0.25, 0.3) is 55.0 Å². The summed E-state index contributed by atoms with van der Waals surface area (Å²) < 4.78 is 12.9. The van der Waals surface area contributed by atoms with Crippen LogP contribution >= 0.6 is 0 Å². The third kappa shape index (κ3) is 4.78. The normalized spacial score (nSPS) is 21.9. The molecule has 4 bridgehead atoms. The lowest BCUT2D eigenvalue weighted by molar-refractivity contribution is -0.0397. The van der Waals surface area contributed by atoms with Crippen LogP contribution in [-0.4, -0.2) is 0 Å². The van der Waals surface area contributed by atoms with Gasteiger partial charge >= 0.3 is 0 Å². The molecule has 0 aliphatic heterocycles. The summed E-state index contributed by atoms with van der Waals surface area (Å²) in [6.07, 6.45) is 6.61. The van der Waals surface area contributed by atoms with Gasteiger partial charge in [-0.15, -0.1) is 0 Å². The van der Waals surface area contributed by atoms with Gasteiger partial charge in [0, 0.05) is 49.7 Å². The quantitative estimate of drug-likeness (QED) is 0.168. The Morgan fingerprint density at radius 1 is 0.387 bits per heavy atom. The smallest absolute Gasteiger partial charge is 0.135 e. The first-order chi connectivity index (χ1) is 30.7. The Labute approximate surface area is 360 Å². The summed E-state index contributed by atoms with van der Waals surface area (Å²) in [4.78, 5) is 5.13. The van der Waals surface area contributed by atoms with Crippen LogP contribution < -0.4 is 9.80 Å². The van der Waals surface area contributed by atoms with Crippen LogP contribution in [0.15, 0.2) is 191 Å². The molecule has 4 heteroatoms. The van der Waals surface area contributed by atoms with E-state index in [1.165, 1.54) is 54.5 Å². The largest absolute Gasteiger partial charge is 0.456 e. The van der Waals surface area contributed by atoms with Crippen LogP contribution in [0.4, 0.5) is 34.1 Å². The van der Waals surface area contributed by atoms with Crippen molar-refractivity contribution in [3.8, 4) is 11.1 Å². The number of rotatable bonds is 6. The van der Waals surface area contributed by atoms with Crippen molar-refractivity contribution in [2.45, 2.75) is 37.5 Å². The van der Waals surface area contributed by atoms with E-state index >= 15 is 0 Å². The number of furan rings is 2. The van der Waals surface area contributed by atoms with Crippen molar-refractivity contribution in [3.05, 3.63) is 193 Å². The SMILES string of the molecule is c1ccc(N(c2ccc3oc4ccccc4c3c2)c2ccc3c(c2N(c2ccccc2)c2ccc4oc5ccccc5c4c2)C2(c4ccccc4-3)C3CC4CC(C3)CC2C4)cc1. The average molecular weight is 801 g/mol. The third-order valence-electron chi connectivity index (χ3n) is 15.4. The van der Waals surface area contributed by atoms with Gasteiger partial charge in [0.05, 0.1) is 11.4 Å². The molecule has 2 heterocycles. The second kappa shape index (κ2) is 13.0. The van der Waals surface area contributed by atoms with Crippen LogP contribution in [0.2, 0.25) is 0 Å². The molecule has 0 amide bonds. The first kappa shape index (κ1) is 34.6. The van der Waals surface area contributed by atoms with Crippen molar-refractivity contribution in [2.24, 2.45) is 23.7 Å². The Morgan fingerprint density at radius 3 is 1.50 bits per heavy atom. The fourth-order valence-electron chi connectivity index (χ4n) is 13.3. The number of hydrogen-bond donors (Lipinski definition) is 0. The molecular weight excluding hydrogens is 757 g/mol. The summed E-state index contributed by atoms with van der Waals surface area (Å²) in [5, 5.41) is 4.50. The molecule has 0 unspecified atom stereocenters. The van der Waals surface area contributed by atoms with Gasteiger partial charge in [-0.2, -0.15) is 0 Å². The lowest BCUT2D eigenvalue weighted by atomic mass is 9.43. The molecule has 4 fully saturated rings. The highest BCUT2D eigenvalue weighted by Gasteiger charge is 2.63. The second-order valence-electron chi connectivity index (χ2n) is 18.5. The minimum Gasteiger partial charge on any atom is -0.456 e. The number of anilines is 6. The number of nitrogens with zero attached hydrogens (tertiary/aromatic N) is 2. The monoisotopic (exact) mass is 800 g/mol. The highest BCUT2D eigenvalue weighted by molar-refractivity contribution is 6.09. The number of hydrogen-bond acceptors (Lipinski definition) is 4. The molecule has 0 atom stereocenters. The van der Waals surface area contributed by atoms with Gasteiger partial charge in [-0.3, -0.25) is 0 Å². The van der Waals surface area contributed by atoms with Gasteiger partial charge in [-0.05, 0) is 157 Å². The lowest BCUT2D eigenvalue weighted by Gasteiger charge is -2.61. The molecule has 298 valence electrons. The van der Waals surface area contributed by atoms with Crippen molar-refractivity contribution in [1.82, 2.24) is 0 Å². The van der Waals surface area contributed by atoms with Crippen LogP contribution in [0.5, 0.6) is 0 Å². The van der Waals surface area contributed by atoms with E-state index in [1.54, 1.807) is 5.56 Å². The van der Waals surface area contributed by atoms with Crippen LogP contribution in [0.3, 0.4) is 0 Å². The molecule has 8 aromatic carbocycles. The van der Waals surface area contributed by atoms with Crippen molar-refractivity contribution >= 4 is 78.0 Å². The molecule has 1 spiro atoms. The molecule has 5 aliphatic rings. The molecule has 0 N–H and O–H groups in total. The fraction of sp³-hybridized carbons (Fsp3) is 0.172. The molecule has 2 aromatic heterocycles. The Balaban J connectivity index is 1.13. The zero-order valence-electron chi connectivity index (χ0n) is 34.4. The second-order valence-corrected chi connectivity index (χ2v) is 18.5. The molecule has 5 aliphatic carbocycles. The minimum atomic E-state index is -0.114. The maximum Gasteiger partial charge on any atom is 0.135 e. The van der Waals surface area contributed by atoms with E-state index in [4.69, 9.17) is 8.83 Å². The summed E-state index contributed by atoms with van der Waals surface area (Å²) in [5.74, 6) is 2.80. The zero-order chi connectivity index (χ0) is 40.5. The average Bonchev–Trinajstić information content (AvgIpc) is 3.98. The molecule has 0 saturated heterocycles. The fourth-order valence-corrected chi connectivity index (χ4v) is 13.3. The molecule has 62 heavy (non-hydrogen) atoms. The van der Waals surface area contributed by atoms with E-state index in [0.29, 0.717) is 11.8 Å². The van der Waals surface area contributed by atoms with Crippen LogP contribution in [-0.2, 0) is 5.41 Å². The predicted octanol–water partition coefficient (Wildman–Crippen LogP) is 16.1. The standard InChI is InChI=1S/C58H44N2O2/c1-3-13-40(14-4-1)59(42-23-27-54-48(34-42)45-18-8-11-21-52(45)61-54)51-26-25-47-44-17-7-10-20-50(44)58(38-30-36-29-37(32-38)33-39(58)31-36)56(47)57(51)60(41-15-5-2-6-16-41)43-24-28-55-49(35-43)46-19-9-12-22-53(46)62-55/h1-28,34-39H,29-33H2. The van der Waals surface area contributed by atoms with Crippen molar-refractivity contribution in [2.75, 3.05) is 9.80 Å². The van der Waals surface area contributed by atoms with E-state index < -0.39 is 0 Å². The molecule has 0 radical (unpaired) electrons. The lowest BCUT2D eigenvalue weighted by Crippen LogP contribution is -2.55. The van der Waals surface area contributed by atoms with Crippen LogP contribution in [0, 0.1) is 23.7 Å². The minimum absolute atomic E-state index is 0.114. The van der Waals surface area contributed by atoms with E-state index in [-0.39, 0.29) is 5.41 Å². The van der Waals surface area contributed by atoms with Gasteiger partial charge in [0.2, 0.25) is 0 Å². The van der Waals surface area contributed by atoms with Crippen molar-refractivity contribution in [1.29, 1.82) is 0 Å². The molecular formula is C58H44N2O2. The first-order valence-corrected chi connectivity index (χ1v) is 22.5. The predicted molar refractivity (Wildman–Crippen MR) is 254 cm³/mol. The third-order valence-corrected chi connectivity index (χ3v) is 15.4. The van der Waals surface area contributed by atoms with Gasteiger partial charge in [0.15, 0.2) is 0 Å². The first-order valence-electron chi connectivity index (χ1n) is 22.5. The van der Waals surface area contributed by atoms with Gasteiger partial charge < -0.3 is 18.6 Å². The van der Waals surface area contributed by atoms with E-state index in [9.17, 15) is 0 Å². The Morgan fingerprint density at radius 2 is 0.887 bits per heavy atom. The molecule has 10 aromatic rings. The summed E-state index contributed by atoms with van der Waals surface area (Å²) in [5.41, 5.74) is 16.2. The van der Waals surface area contributed by atoms with Gasteiger partial charge in [-0.25, -0.2) is 0 Å². The van der Waals surface area contributed by atoms with Gasteiger partial charge in [0.1, 0.15) is 22.3 Å². The van der Waals surface area contributed by atoms with Gasteiger partial charge in [-0.1, -0.05) is 103 Å². The van der Waals surface area contributed by atoms with E-state index in [2.05, 4.69) is 192 Å². The summed E-state index contributed by atoms with van der Waals surface area (Å²) in [6.45, 7) is 0. The number of para-hydroxylation sites is 4. The maximum atomic E-state index is 6.47. The topological polar surface area (TPSA) is 32.8 Å². The Bertz CT molecular complexity index is 3370. The highest BCUT2D eigenvalue weighted by Crippen LogP contribution is 2.72. The Kier molecular flexibility index (Phi) is 7.26. The summed E-state index contributed by atoms with van der Waals surface area (Å²) in [7, 11) is 0. The van der Waals surface area contributed by atoms with Crippen LogP contribution in [0.1, 0.15) is 43.2 Å². The van der Waals surface area contributed by atoms with E-state index in [1.807, 2.05) is 0 Å². The maximum absolute atomic E-state index is 6.47. The van der Waals surface area contributed by atoms with Crippen molar-refractivity contribution in [3.63, 3.8) is 0 Å². The molecule has 4 saturated carbocycles. The number of benzene rings is 8. The van der Waals surface area contributed by atoms with Gasteiger partial charge in [0.25, 0.3) is 0 Å². The molecule has 4 nitrogen and oxygen atoms in total. The molecule has 15 rings (SSSR count). The Hall–Kier alpha value is -7.04. The van der Waals surface area contributed by atoms with E-state index in [0.717, 1.165) is 84.1 Å². The highest BCUT2D eigenvalue weighted by atomic mass is 16.3. The number of fused-ring (bicyclic) bond motifs is 9. The summed E-state index contributed by atoms with van der Waals surface area (Å²) in [6, 6.07) is 67.0. The summed E-state index contributed by atoms with van der Waals surface area (Å²) >= 11 is 0. The van der Waals surface area contributed by atoms with Crippen molar-refractivity contribution < 1.29 is 8.83 Å².